The van der Waals surface area contributed by atoms with Gasteiger partial charge >= 0.3 is 0 Å². The van der Waals surface area contributed by atoms with Gasteiger partial charge in [0.1, 0.15) is 5.82 Å². The van der Waals surface area contributed by atoms with E-state index in [4.69, 9.17) is 0 Å². The number of amides is 1. The monoisotopic (exact) mass is 207 g/mol. The summed E-state index contributed by atoms with van der Waals surface area (Å²) in [5, 5.41) is 5.75. The quantitative estimate of drug-likeness (QED) is 0.786. The molecule has 1 aromatic rings. The molecule has 1 aromatic heterocycles. The van der Waals surface area contributed by atoms with E-state index in [1.165, 1.54) is 0 Å². The Kier molecular flexibility index (Phi) is 4.09. The fourth-order valence-corrected chi connectivity index (χ4v) is 1.11. The van der Waals surface area contributed by atoms with Crippen molar-refractivity contribution >= 4 is 11.7 Å². The third-order valence-electron chi connectivity index (χ3n) is 1.95. The van der Waals surface area contributed by atoms with Crippen molar-refractivity contribution in [2.75, 3.05) is 18.9 Å². The van der Waals surface area contributed by atoms with E-state index in [9.17, 15) is 4.79 Å². The van der Waals surface area contributed by atoms with Crippen molar-refractivity contribution in [2.45, 2.75) is 13.8 Å². The molecule has 0 atom stereocenters. The van der Waals surface area contributed by atoms with E-state index < -0.39 is 0 Å². The molecule has 1 amide bonds. The molecule has 1 rings (SSSR count). The average Bonchev–Trinajstić information content (AvgIpc) is 2.26. The molecule has 0 unspecified atom stereocenters. The number of pyridine rings is 1. The first-order chi connectivity index (χ1) is 7.13. The second-order valence-electron chi connectivity index (χ2n) is 3.78. The summed E-state index contributed by atoms with van der Waals surface area (Å²) in [5.74, 6) is 1.11. The molecule has 15 heavy (non-hydrogen) atoms. The van der Waals surface area contributed by atoms with Crippen molar-refractivity contribution < 1.29 is 4.79 Å². The van der Waals surface area contributed by atoms with Crippen LogP contribution in [0.4, 0.5) is 5.82 Å². The first-order valence-electron chi connectivity index (χ1n) is 5.05. The normalized spacial score (nSPS) is 10.1. The van der Waals surface area contributed by atoms with Gasteiger partial charge < -0.3 is 10.6 Å². The maximum atomic E-state index is 11.7. The molecule has 2 N–H and O–H groups in total. The Balaban J connectivity index is 2.65. The Morgan fingerprint density at radius 3 is 2.87 bits per heavy atom. The van der Waals surface area contributed by atoms with E-state index >= 15 is 0 Å². The largest absolute Gasteiger partial charge is 0.373 e. The van der Waals surface area contributed by atoms with Crippen molar-refractivity contribution in [3.05, 3.63) is 23.9 Å². The third-order valence-corrected chi connectivity index (χ3v) is 1.95. The molecule has 82 valence electrons. The van der Waals surface area contributed by atoms with E-state index in [-0.39, 0.29) is 5.91 Å². The maximum Gasteiger partial charge on any atom is 0.251 e. The zero-order valence-corrected chi connectivity index (χ0v) is 9.37. The fourth-order valence-electron chi connectivity index (χ4n) is 1.11. The molecule has 0 saturated heterocycles. The Morgan fingerprint density at radius 2 is 2.27 bits per heavy atom. The van der Waals surface area contributed by atoms with Gasteiger partial charge in [0.25, 0.3) is 5.91 Å². The summed E-state index contributed by atoms with van der Waals surface area (Å²) in [6.07, 6.45) is 1.62. The summed E-state index contributed by atoms with van der Waals surface area (Å²) in [6, 6.07) is 3.44. The smallest absolute Gasteiger partial charge is 0.251 e. The van der Waals surface area contributed by atoms with Crippen molar-refractivity contribution in [1.29, 1.82) is 0 Å². The molecule has 0 aliphatic carbocycles. The van der Waals surface area contributed by atoms with Gasteiger partial charge in [-0.2, -0.15) is 0 Å². The Morgan fingerprint density at radius 1 is 1.53 bits per heavy atom. The van der Waals surface area contributed by atoms with Gasteiger partial charge in [-0.1, -0.05) is 13.8 Å². The van der Waals surface area contributed by atoms with Gasteiger partial charge in [-0.15, -0.1) is 0 Å². The minimum atomic E-state index is -0.0531. The van der Waals surface area contributed by atoms with E-state index in [0.29, 0.717) is 23.8 Å². The topological polar surface area (TPSA) is 54.0 Å². The summed E-state index contributed by atoms with van der Waals surface area (Å²) < 4.78 is 0. The van der Waals surface area contributed by atoms with Crippen LogP contribution in [0.25, 0.3) is 0 Å². The van der Waals surface area contributed by atoms with Gasteiger partial charge in [0.15, 0.2) is 0 Å². The summed E-state index contributed by atoms with van der Waals surface area (Å²) >= 11 is 0. The van der Waals surface area contributed by atoms with Crippen LogP contribution >= 0.6 is 0 Å². The molecule has 0 aliphatic rings. The summed E-state index contributed by atoms with van der Waals surface area (Å²) in [4.78, 5) is 15.7. The molecule has 0 aromatic carbocycles. The maximum absolute atomic E-state index is 11.7. The van der Waals surface area contributed by atoms with Crippen LogP contribution < -0.4 is 10.6 Å². The second kappa shape index (κ2) is 5.34. The van der Waals surface area contributed by atoms with Gasteiger partial charge in [-0.25, -0.2) is 4.98 Å². The zero-order chi connectivity index (χ0) is 11.3. The lowest BCUT2D eigenvalue weighted by molar-refractivity contribution is 0.0949. The molecule has 0 bridgehead atoms. The average molecular weight is 207 g/mol. The Labute approximate surface area is 90.1 Å². The van der Waals surface area contributed by atoms with E-state index in [1.807, 2.05) is 0 Å². The second-order valence-corrected chi connectivity index (χ2v) is 3.78. The lowest BCUT2D eigenvalue weighted by Crippen LogP contribution is -2.27. The number of hydrogen-bond donors (Lipinski definition) is 2. The molecule has 0 spiro atoms. The predicted molar refractivity (Wildman–Crippen MR) is 61.0 cm³/mol. The van der Waals surface area contributed by atoms with Crippen molar-refractivity contribution in [3.8, 4) is 0 Å². The molecule has 0 fully saturated rings. The van der Waals surface area contributed by atoms with Crippen LogP contribution in [0, 0.1) is 5.92 Å². The number of carbonyl (C=O) groups is 1. The minimum absolute atomic E-state index is 0.0531. The number of nitrogens with one attached hydrogen (secondary N) is 2. The zero-order valence-electron chi connectivity index (χ0n) is 9.37. The minimum Gasteiger partial charge on any atom is -0.373 e. The summed E-state index contributed by atoms with van der Waals surface area (Å²) in [6.45, 7) is 4.81. The number of hydrogen-bond acceptors (Lipinski definition) is 3. The number of aromatic nitrogens is 1. The Bertz CT molecular complexity index is 336. The number of nitrogens with zero attached hydrogens (tertiary/aromatic N) is 1. The number of anilines is 1. The lowest BCUT2D eigenvalue weighted by Gasteiger charge is -2.08. The van der Waals surface area contributed by atoms with Gasteiger partial charge in [0, 0.05) is 25.4 Å². The van der Waals surface area contributed by atoms with Crippen LogP contribution in [0.5, 0.6) is 0 Å². The highest BCUT2D eigenvalue weighted by Gasteiger charge is 2.06. The first kappa shape index (κ1) is 11.5. The van der Waals surface area contributed by atoms with Crippen LogP contribution in [0.2, 0.25) is 0 Å². The fraction of sp³-hybridized carbons (Fsp3) is 0.455. The van der Waals surface area contributed by atoms with Crippen molar-refractivity contribution in [3.63, 3.8) is 0 Å². The Hall–Kier alpha value is -1.58. The SMILES string of the molecule is CNc1cc(C(=O)NCC(C)C)ccn1. The molecule has 4 heteroatoms. The lowest BCUT2D eigenvalue weighted by atomic mass is 10.2. The first-order valence-corrected chi connectivity index (χ1v) is 5.05. The van der Waals surface area contributed by atoms with Gasteiger partial charge in [-0.05, 0) is 18.1 Å². The number of carbonyl (C=O) groups excluding carboxylic acids is 1. The molecule has 0 radical (unpaired) electrons. The van der Waals surface area contributed by atoms with E-state index in [0.717, 1.165) is 0 Å². The van der Waals surface area contributed by atoms with E-state index in [2.05, 4.69) is 29.5 Å². The molecular weight excluding hydrogens is 190 g/mol. The van der Waals surface area contributed by atoms with E-state index in [1.54, 1.807) is 25.4 Å². The molecular formula is C11H17N3O. The molecule has 0 aliphatic heterocycles. The van der Waals surface area contributed by atoms with Crippen LogP contribution in [0.1, 0.15) is 24.2 Å². The van der Waals surface area contributed by atoms with Gasteiger partial charge in [-0.3, -0.25) is 4.79 Å². The van der Waals surface area contributed by atoms with Crippen LogP contribution in [-0.2, 0) is 0 Å². The third kappa shape index (κ3) is 3.58. The van der Waals surface area contributed by atoms with Crippen LogP contribution in [0.3, 0.4) is 0 Å². The van der Waals surface area contributed by atoms with Crippen LogP contribution in [-0.4, -0.2) is 24.5 Å². The van der Waals surface area contributed by atoms with Gasteiger partial charge in [0.2, 0.25) is 0 Å². The molecule has 0 saturated carbocycles. The standard InChI is InChI=1S/C11H17N3O/c1-8(2)7-14-11(15)9-4-5-13-10(6-9)12-3/h4-6,8H,7H2,1-3H3,(H,12,13)(H,14,15). The predicted octanol–water partition coefficient (Wildman–Crippen LogP) is 1.51. The summed E-state index contributed by atoms with van der Waals surface area (Å²) in [5.41, 5.74) is 0.634. The van der Waals surface area contributed by atoms with Crippen molar-refractivity contribution in [1.82, 2.24) is 10.3 Å². The van der Waals surface area contributed by atoms with Gasteiger partial charge in [0.05, 0.1) is 0 Å². The highest BCUT2D eigenvalue weighted by Crippen LogP contribution is 2.05. The van der Waals surface area contributed by atoms with Crippen LogP contribution in [0.15, 0.2) is 18.3 Å². The highest BCUT2D eigenvalue weighted by atomic mass is 16.1. The van der Waals surface area contributed by atoms with Crippen molar-refractivity contribution in [2.24, 2.45) is 5.92 Å². The molecule has 4 nitrogen and oxygen atoms in total. The highest BCUT2D eigenvalue weighted by molar-refractivity contribution is 5.94. The molecule has 1 heterocycles. The summed E-state index contributed by atoms with van der Waals surface area (Å²) in [7, 11) is 1.78. The number of rotatable bonds is 4.